The molecule has 6 heteroatoms. The third-order valence-electron chi connectivity index (χ3n) is 2.68. The van der Waals surface area contributed by atoms with Crippen LogP contribution in [0.25, 0.3) is 0 Å². The molecule has 0 bridgehead atoms. The number of ether oxygens (including phenoxy) is 1. The molecular formula is C14H15BrFN3O. The fraction of sp³-hybridized carbons (Fsp3) is 0.286. The average molecular weight is 340 g/mol. The van der Waals surface area contributed by atoms with Crippen molar-refractivity contribution in [1.82, 2.24) is 9.97 Å². The van der Waals surface area contributed by atoms with Crippen LogP contribution >= 0.6 is 15.9 Å². The van der Waals surface area contributed by atoms with Crippen molar-refractivity contribution in [2.75, 3.05) is 0 Å². The first kappa shape index (κ1) is 14.9. The van der Waals surface area contributed by atoms with Crippen molar-refractivity contribution in [3.63, 3.8) is 0 Å². The van der Waals surface area contributed by atoms with E-state index in [-0.39, 0.29) is 12.5 Å². The Kier molecular flexibility index (Phi) is 4.67. The normalized spacial score (nSPS) is 10.9. The van der Waals surface area contributed by atoms with Crippen LogP contribution in [0, 0.1) is 5.82 Å². The summed E-state index contributed by atoms with van der Waals surface area (Å²) in [7, 11) is 0. The molecule has 0 unspecified atom stereocenters. The highest BCUT2D eigenvalue weighted by Crippen LogP contribution is 2.27. The van der Waals surface area contributed by atoms with Crippen molar-refractivity contribution in [2.45, 2.75) is 26.3 Å². The van der Waals surface area contributed by atoms with Crippen molar-refractivity contribution in [2.24, 2.45) is 5.73 Å². The summed E-state index contributed by atoms with van der Waals surface area (Å²) in [6.45, 7) is 4.23. The van der Waals surface area contributed by atoms with Gasteiger partial charge in [0.1, 0.15) is 23.1 Å². The van der Waals surface area contributed by atoms with Crippen molar-refractivity contribution in [3.8, 4) is 11.5 Å². The van der Waals surface area contributed by atoms with Crippen LogP contribution in [0.1, 0.15) is 31.3 Å². The standard InChI is InChI=1S/C14H15BrFN3O/c1-8(2)14-18-7-13(12(6-17)19-14)20-9-3-4-10(15)11(16)5-9/h3-5,7-8H,6,17H2,1-2H3. The number of rotatable bonds is 4. The van der Waals surface area contributed by atoms with Gasteiger partial charge in [0.15, 0.2) is 5.75 Å². The van der Waals surface area contributed by atoms with Crippen molar-refractivity contribution < 1.29 is 9.13 Å². The molecule has 2 rings (SSSR count). The maximum Gasteiger partial charge on any atom is 0.168 e. The topological polar surface area (TPSA) is 61.0 Å². The highest BCUT2D eigenvalue weighted by Gasteiger charge is 2.11. The summed E-state index contributed by atoms with van der Waals surface area (Å²) < 4.78 is 19.4. The zero-order valence-electron chi connectivity index (χ0n) is 11.2. The number of halogens is 2. The van der Waals surface area contributed by atoms with E-state index in [1.807, 2.05) is 13.8 Å². The molecule has 0 fully saturated rings. The molecule has 0 aliphatic heterocycles. The second-order valence-electron chi connectivity index (χ2n) is 4.58. The van der Waals surface area contributed by atoms with E-state index in [2.05, 4.69) is 25.9 Å². The zero-order chi connectivity index (χ0) is 14.7. The molecule has 2 aromatic rings. The van der Waals surface area contributed by atoms with Crippen LogP contribution in [-0.2, 0) is 6.54 Å². The van der Waals surface area contributed by atoms with Gasteiger partial charge in [0.25, 0.3) is 0 Å². The lowest BCUT2D eigenvalue weighted by Crippen LogP contribution is -2.07. The van der Waals surface area contributed by atoms with Gasteiger partial charge in [0.2, 0.25) is 0 Å². The Morgan fingerprint density at radius 1 is 1.40 bits per heavy atom. The molecule has 0 saturated heterocycles. The average Bonchev–Trinajstić information content (AvgIpc) is 2.43. The van der Waals surface area contributed by atoms with Gasteiger partial charge in [0, 0.05) is 18.5 Å². The SMILES string of the molecule is CC(C)c1ncc(Oc2ccc(Br)c(F)c2)c(CN)n1. The van der Waals surface area contributed by atoms with E-state index >= 15 is 0 Å². The van der Waals surface area contributed by atoms with E-state index in [1.165, 1.54) is 6.07 Å². The van der Waals surface area contributed by atoms with Crippen LogP contribution in [0.15, 0.2) is 28.9 Å². The van der Waals surface area contributed by atoms with Crippen LogP contribution in [0.5, 0.6) is 11.5 Å². The van der Waals surface area contributed by atoms with E-state index in [1.54, 1.807) is 18.3 Å². The summed E-state index contributed by atoms with van der Waals surface area (Å²) in [6.07, 6.45) is 1.57. The van der Waals surface area contributed by atoms with Crippen LogP contribution in [-0.4, -0.2) is 9.97 Å². The smallest absolute Gasteiger partial charge is 0.168 e. The van der Waals surface area contributed by atoms with Gasteiger partial charge in [-0.15, -0.1) is 0 Å². The largest absolute Gasteiger partial charge is 0.454 e. The summed E-state index contributed by atoms with van der Waals surface area (Å²) in [5.41, 5.74) is 6.28. The minimum atomic E-state index is -0.392. The minimum Gasteiger partial charge on any atom is -0.454 e. The molecule has 106 valence electrons. The highest BCUT2D eigenvalue weighted by atomic mass is 79.9. The fourth-order valence-corrected chi connectivity index (χ4v) is 1.85. The molecule has 1 aromatic carbocycles. The van der Waals surface area contributed by atoms with Gasteiger partial charge in [-0.3, -0.25) is 0 Å². The lowest BCUT2D eigenvalue weighted by molar-refractivity contribution is 0.462. The molecule has 0 aliphatic rings. The maximum absolute atomic E-state index is 13.5. The molecule has 0 aliphatic carbocycles. The number of nitrogens with two attached hydrogens (primary N) is 1. The van der Waals surface area contributed by atoms with Gasteiger partial charge in [-0.1, -0.05) is 13.8 Å². The molecule has 0 saturated carbocycles. The van der Waals surface area contributed by atoms with Crippen LogP contribution in [0.3, 0.4) is 0 Å². The fourth-order valence-electron chi connectivity index (χ4n) is 1.60. The lowest BCUT2D eigenvalue weighted by Gasteiger charge is -2.11. The number of hydrogen-bond donors (Lipinski definition) is 1. The van der Waals surface area contributed by atoms with Gasteiger partial charge in [0.05, 0.1) is 10.7 Å². The van der Waals surface area contributed by atoms with Crippen molar-refractivity contribution >= 4 is 15.9 Å². The first-order valence-corrected chi connectivity index (χ1v) is 6.99. The first-order chi connectivity index (χ1) is 9.51. The summed E-state index contributed by atoms with van der Waals surface area (Å²) in [6, 6.07) is 4.53. The quantitative estimate of drug-likeness (QED) is 0.921. The molecule has 0 spiro atoms. The number of aromatic nitrogens is 2. The molecule has 20 heavy (non-hydrogen) atoms. The Morgan fingerprint density at radius 2 is 2.15 bits per heavy atom. The van der Waals surface area contributed by atoms with Crippen LogP contribution < -0.4 is 10.5 Å². The molecular weight excluding hydrogens is 325 g/mol. The second kappa shape index (κ2) is 6.28. The van der Waals surface area contributed by atoms with Gasteiger partial charge >= 0.3 is 0 Å². The Balaban J connectivity index is 2.30. The Morgan fingerprint density at radius 3 is 2.75 bits per heavy atom. The van der Waals surface area contributed by atoms with Crippen molar-refractivity contribution in [1.29, 1.82) is 0 Å². The van der Waals surface area contributed by atoms with Gasteiger partial charge in [-0.05, 0) is 28.1 Å². The summed E-state index contributed by atoms with van der Waals surface area (Å²) >= 11 is 3.09. The third kappa shape index (κ3) is 3.32. The van der Waals surface area contributed by atoms with Crippen LogP contribution in [0.2, 0.25) is 0 Å². The molecule has 4 nitrogen and oxygen atoms in total. The molecule has 1 heterocycles. The lowest BCUT2D eigenvalue weighted by atomic mass is 10.2. The summed E-state index contributed by atoms with van der Waals surface area (Å²) in [4.78, 5) is 8.59. The summed E-state index contributed by atoms with van der Waals surface area (Å²) in [5, 5.41) is 0. The maximum atomic E-state index is 13.5. The van der Waals surface area contributed by atoms with Crippen LogP contribution in [0.4, 0.5) is 4.39 Å². The minimum absolute atomic E-state index is 0.208. The molecule has 0 amide bonds. The van der Waals surface area contributed by atoms with Gasteiger partial charge in [-0.25, -0.2) is 14.4 Å². The Hall–Kier alpha value is -1.53. The molecule has 0 radical (unpaired) electrons. The van der Waals surface area contributed by atoms with E-state index < -0.39 is 5.82 Å². The highest BCUT2D eigenvalue weighted by molar-refractivity contribution is 9.10. The predicted octanol–water partition coefficient (Wildman–Crippen LogP) is 3.75. The zero-order valence-corrected chi connectivity index (χ0v) is 12.8. The third-order valence-corrected chi connectivity index (χ3v) is 3.32. The van der Waals surface area contributed by atoms with E-state index in [0.717, 1.165) is 0 Å². The van der Waals surface area contributed by atoms with E-state index in [9.17, 15) is 4.39 Å². The Bertz CT molecular complexity index is 619. The molecule has 2 N–H and O–H groups in total. The first-order valence-electron chi connectivity index (χ1n) is 6.20. The molecule has 1 aromatic heterocycles. The number of hydrogen-bond acceptors (Lipinski definition) is 4. The van der Waals surface area contributed by atoms with Gasteiger partial charge < -0.3 is 10.5 Å². The monoisotopic (exact) mass is 339 g/mol. The molecule has 0 atom stereocenters. The number of benzene rings is 1. The summed E-state index contributed by atoms with van der Waals surface area (Å²) in [5.74, 6) is 1.34. The van der Waals surface area contributed by atoms with Crippen molar-refractivity contribution in [3.05, 3.63) is 46.2 Å². The van der Waals surface area contributed by atoms with E-state index in [0.29, 0.717) is 27.5 Å². The number of nitrogens with zero attached hydrogens (tertiary/aromatic N) is 2. The predicted molar refractivity (Wildman–Crippen MR) is 78.2 cm³/mol. The van der Waals surface area contributed by atoms with Gasteiger partial charge in [-0.2, -0.15) is 0 Å². The second-order valence-corrected chi connectivity index (χ2v) is 5.43. The Labute approximate surface area is 125 Å². The van der Waals surface area contributed by atoms with E-state index in [4.69, 9.17) is 10.5 Å².